The fourth-order valence-electron chi connectivity index (χ4n) is 8.68. The Bertz CT molecular complexity index is 1290. The van der Waals surface area contributed by atoms with Gasteiger partial charge in [0.05, 0.1) is 0 Å². The first-order chi connectivity index (χ1) is 19.3. The van der Waals surface area contributed by atoms with E-state index in [0.717, 1.165) is 83.5 Å². The van der Waals surface area contributed by atoms with E-state index in [1.54, 1.807) is 6.07 Å². The topological polar surface area (TPSA) is 74.6 Å². The van der Waals surface area contributed by atoms with Gasteiger partial charge in [0.25, 0.3) is 0 Å². The van der Waals surface area contributed by atoms with Gasteiger partial charge in [-0.2, -0.15) is 0 Å². The number of phenols is 2. The van der Waals surface area contributed by atoms with Gasteiger partial charge in [-0.05, 0) is 128 Å². The Morgan fingerprint density at radius 1 is 0.775 bits per heavy atom. The molecule has 1 saturated carbocycles. The standard InChI is InChI=1S/C18H24O2.C18H22O2/c2*1-2-9-18-10-8-16(20)12-14(18)5-3-4-13-11-15(19)6-7-17(13)18/h6-7,11,14,19H,2-5,8-10,12H2,1H3;6-7,11-12,19H,2-5,8-10H2,1H3. The summed E-state index contributed by atoms with van der Waals surface area (Å²) in [6.45, 7) is 4.46. The van der Waals surface area contributed by atoms with E-state index in [4.69, 9.17) is 0 Å². The zero-order valence-electron chi connectivity index (χ0n) is 24.4. The third-order valence-electron chi connectivity index (χ3n) is 10.3. The Hall–Kier alpha value is -2.88. The Labute approximate surface area is 239 Å². The highest BCUT2D eigenvalue weighted by Gasteiger charge is 2.45. The van der Waals surface area contributed by atoms with Gasteiger partial charge in [0.1, 0.15) is 17.3 Å². The molecule has 0 saturated heterocycles. The second kappa shape index (κ2) is 11.9. The molecule has 2 N–H and O–H groups in total. The summed E-state index contributed by atoms with van der Waals surface area (Å²) in [6.07, 6.45) is 17.0. The molecule has 4 nitrogen and oxygen atoms in total. The second-order valence-electron chi connectivity index (χ2n) is 12.7. The van der Waals surface area contributed by atoms with E-state index in [1.807, 2.05) is 24.3 Å². The Balaban J connectivity index is 0.000000161. The van der Waals surface area contributed by atoms with Crippen molar-refractivity contribution in [1.29, 1.82) is 0 Å². The lowest BCUT2D eigenvalue weighted by molar-refractivity contribution is -0.123. The first-order valence-corrected chi connectivity index (χ1v) is 15.7. The molecule has 0 radical (unpaired) electrons. The minimum Gasteiger partial charge on any atom is -0.508 e. The van der Waals surface area contributed by atoms with Gasteiger partial charge in [-0.25, -0.2) is 0 Å². The minimum atomic E-state index is 0.0438. The predicted octanol–water partition coefficient (Wildman–Crippen LogP) is 8.19. The van der Waals surface area contributed by atoms with Crippen LogP contribution in [0.3, 0.4) is 0 Å². The summed E-state index contributed by atoms with van der Waals surface area (Å²) in [7, 11) is 0. The van der Waals surface area contributed by atoms with E-state index in [0.29, 0.717) is 29.6 Å². The van der Waals surface area contributed by atoms with Gasteiger partial charge in [0, 0.05) is 24.7 Å². The van der Waals surface area contributed by atoms with Crippen LogP contribution in [-0.4, -0.2) is 21.8 Å². The molecule has 0 aliphatic heterocycles. The molecule has 0 heterocycles. The van der Waals surface area contributed by atoms with Crippen LogP contribution in [0, 0.1) is 5.92 Å². The number of carbonyl (C=O) groups excluding carboxylic acids is 2. The van der Waals surface area contributed by atoms with E-state index in [9.17, 15) is 19.8 Å². The summed E-state index contributed by atoms with van der Waals surface area (Å²) in [6, 6.07) is 11.7. The Morgan fingerprint density at radius 3 is 2.17 bits per heavy atom. The van der Waals surface area contributed by atoms with Crippen molar-refractivity contribution in [3.63, 3.8) is 0 Å². The SMILES string of the molecule is CCCC12CCC(=O)C=C1CCCc1cc(O)ccc12.CCCC12CCC(=O)CC1CCCc1cc(O)ccc12. The lowest BCUT2D eigenvalue weighted by Crippen LogP contribution is -2.40. The summed E-state index contributed by atoms with van der Waals surface area (Å²) >= 11 is 0. The largest absolute Gasteiger partial charge is 0.508 e. The highest BCUT2D eigenvalue weighted by atomic mass is 16.3. The van der Waals surface area contributed by atoms with Crippen LogP contribution >= 0.6 is 0 Å². The van der Waals surface area contributed by atoms with Crippen molar-refractivity contribution in [2.24, 2.45) is 5.92 Å². The van der Waals surface area contributed by atoms with Crippen LogP contribution in [-0.2, 0) is 33.3 Å². The molecule has 0 amide bonds. The highest BCUT2D eigenvalue weighted by molar-refractivity contribution is 5.92. The maximum atomic E-state index is 11.9. The molecule has 4 heteroatoms. The number of hydrogen-bond acceptors (Lipinski definition) is 4. The number of ketones is 2. The molecule has 6 rings (SSSR count). The molecular weight excluding hydrogens is 496 g/mol. The second-order valence-corrected chi connectivity index (χ2v) is 12.7. The van der Waals surface area contributed by atoms with Crippen LogP contribution in [0.5, 0.6) is 11.5 Å². The van der Waals surface area contributed by atoms with Crippen LogP contribution < -0.4 is 0 Å². The van der Waals surface area contributed by atoms with Crippen LogP contribution in [0.15, 0.2) is 48.0 Å². The third kappa shape index (κ3) is 5.39. The smallest absolute Gasteiger partial charge is 0.155 e. The number of hydrogen-bond donors (Lipinski definition) is 2. The number of phenolic OH excluding ortho intramolecular Hbond substituents is 2. The van der Waals surface area contributed by atoms with Gasteiger partial charge in [-0.3, -0.25) is 9.59 Å². The van der Waals surface area contributed by atoms with Crippen molar-refractivity contribution in [2.75, 3.05) is 0 Å². The summed E-state index contributed by atoms with van der Waals surface area (Å²) < 4.78 is 0. The molecular formula is C36H46O4. The molecule has 2 aromatic rings. The summed E-state index contributed by atoms with van der Waals surface area (Å²) in [5, 5.41) is 19.5. The van der Waals surface area contributed by atoms with Crippen molar-refractivity contribution in [3.05, 3.63) is 70.3 Å². The molecule has 0 spiro atoms. The number of aryl methyl sites for hydroxylation is 2. The number of benzene rings is 2. The average molecular weight is 543 g/mol. The quantitative estimate of drug-likeness (QED) is 0.408. The monoisotopic (exact) mass is 542 g/mol. The lowest BCUT2D eigenvalue weighted by atomic mass is 9.59. The van der Waals surface area contributed by atoms with Gasteiger partial charge in [-0.15, -0.1) is 0 Å². The van der Waals surface area contributed by atoms with Crippen molar-refractivity contribution in [2.45, 2.75) is 121 Å². The van der Waals surface area contributed by atoms with Crippen LogP contribution in [0.25, 0.3) is 0 Å². The summed E-state index contributed by atoms with van der Waals surface area (Å²) in [4.78, 5) is 23.7. The number of Topliss-reactive ketones (excluding diaryl/α,β-unsaturated/α-hetero) is 1. The molecule has 214 valence electrons. The molecule has 4 aliphatic rings. The first-order valence-electron chi connectivity index (χ1n) is 15.7. The van der Waals surface area contributed by atoms with Crippen molar-refractivity contribution in [3.8, 4) is 11.5 Å². The first kappa shape index (κ1) is 28.6. The van der Waals surface area contributed by atoms with Crippen molar-refractivity contribution in [1.82, 2.24) is 0 Å². The molecule has 0 bridgehead atoms. The maximum absolute atomic E-state index is 11.9. The van der Waals surface area contributed by atoms with Crippen molar-refractivity contribution >= 4 is 11.6 Å². The molecule has 40 heavy (non-hydrogen) atoms. The number of aromatic hydroxyl groups is 2. The number of fused-ring (bicyclic) bond motifs is 6. The Kier molecular flexibility index (Phi) is 8.54. The van der Waals surface area contributed by atoms with Crippen LogP contribution in [0.1, 0.15) is 120 Å². The third-order valence-corrected chi connectivity index (χ3v) is 10.3. The van der Waals surface area contributed by atoms with Gasteiger partial charge < -0.3 is 10.2 Å². The number of carbonyl (C=O) groups is 2. The molecule has 3 atom stereocenters. The molecule has 3 unspecified atom stereocenters. The van der Waals surface area contributed by atoms with E-state index >= 15 is 0 Å². The molecule has 1 fully saturated rings. The predicted molar refractivity (Wildman–Crippen MR) is 160 cm³/mol. The Morgan fingerprint density at radius 2 is 1.45 bits per heavy atom. The normalized spacial score (nSPS) is 27.4. The zero-order valence-corrected chi connectivity index (χ0v) is 24.4. The fraction of sp³-hybridized carbons (Fsp3) is 0.556. The summed E-state index contributed by atoms with van der Waals surface area (Å²) in [5.74, 6) is 1.97. The number of allylic oxidation sites excluding steroid dienone is 2. The molecule has 2 aromatic carbocycles. The average Bonchev–Trinajstić information content (AvgIpc) is 3.17. The highest BCUT2D eigenvalue weighted by Crippen LogP contribution is 2.52. The van der Waals surface area contributed by atoms with Gasteiger partial charge >= 0.3 is 0 Å². The van der Waals surface area contributed by atoms with E-state index in [2.05, 4.69) is 26.0 Å². The summed E-state index contributed by atoms with van der Waals surface area (Å²) in [5.41, 5.74) is 6.93. The van der Waals surface area contributed by atoms with Crippen molar-refractivity contribution < 1.29 is 19.8 Å². The molecule has 4 aliphatic carbocycles. The zero-order chi connectivity index (χ0) is 28.3. The lowest BCUT2D eigenvalue weighted by Gasteiger charge is -2.44. The van der Waals surface area contributed by atoms with E-state index in [-0.39, 0.29) is 16.6 Å². The van der Waals surface area contributed by atoms with E-state index < -0.39 is 0 Å². The van der Waals surface area contributed by atoms with Crippen LogP contribution in [0.4, 0.5) is 0 Å². The van der Waals surface area contributed by atoms with Crippen LogP contribution in [0.2, 0.25) is 0 Å². The number of rotatable bonds is 4. The van der Waals surface area contributed by atoms with E-state index in [1.165, 1.54) is 34.2 Å². The fourth-order valence-corrected chi connectivity index (χ4v) is 8.68. The maximum Gasteiger partial charge on any atom is 0.155 e. The minimum absolute atomic E-state index is 0.0438. The van der Waals surface area contributed by atoms with Gasteiger partial charge in [0.2, 0.25) is 0 Å². The van der Waals surface area contributed by atoms with Gasteiger partial charge in [-0.1, -0.05) is 44.4 Å². The molecule has 0 aromatic heterocycles. The van der Waals surface area contributed by atoms with Gasteiger partial charge in [0.15, 0.2) is 5.78 Å².